The predicted octanol–water partition coefficient (Wildman–Crippen LogP) is 3.08. The van der Waals surface area contributed by atoms with Crippen molar-refractivity contribution in [1.29, 1.82) is 0 Å². The number of nitrogens with one attached hydrogen (secondary N) is 2. The third kappa shape index (κ3) is 5.05. The molecule has 8 nitrogen and oxygen atoms in total. The molecule has 0 unspecified atom stereocenters. The predicted molar refractivity (Wildman–Crippen MR) is 120 cm³/mol. The van der Waals surface area contributed by atoms with E-state index in [2.05, 4.69) is 10.0 Å². The Morgan fingerprint density at radius 2 is 1.84 bits per heavy atom. The Hall–Kier alpha value is -2.91. The van der Waals surface area contributed by atoms with E-state index in [4.69, 9.17) is 4.42 Å². The summed E-state index contributed by atoms with van der Waals surface area (Å²) in [6.07, 6.45) is 0.318. The van der Waals surface area contributed by atoms with Gasteiger partial charge in [0, 0.05) is 18.8 Å². The molecule has 1 aromatic heterocycles. The number of hydrogen-bond acceptors (Lipinski definition) is 5. The van der Waals surface area contributed by atoms with Gasteiger partial charge >= 0.3 is 5.76 Å². The van der Waals surface area contributed by atoms with Crippen molar-refractivity contribution in [3.05, 3.63) is 58.1 Å². The Morgan fingerprint density at radius 3 is 2.48 bits per heavy atom. The minimum absolute atomic E-state index is 0.0761. The Bertz CT molecular complexity index is 1290. The van der Waals surface area contributed by atoms with Crippen molar-refractivity contribution in [2.24, 2.45) is 13.0 Å². The average Bonchev–Trinajstić information content (AvgIpc) is 2.96. The fourth-order valence-corrected chi connectivity index (χ4v) is 4.61. The van der Waals surface area contributed by atoms with E-state index in [-0.39, 0.29) is 16.4 Å². The highest BCUT2D eigenvalue weighted by atomic mass is 32.2. The fraction of sp³-hybridized carbons (Fsp3) is 0.364. The second kappa shape index (κ2) is 8.68. The molecule has 1 amide bonds. The minimum Gasteiger partial charge on any atom is -0.408 e. The largest absolute Gasteiger partial charge is 0.419 e. The normalized spacial score (nSPS) is 13.0. The Kier molecular flexibility index (Phi) is 6.38. The third-order valence-corrected chi connectivity index (χ3v) is 6.50. The maximum absolute atomic E-state index is 13.0. The van der Waals surface area contributed by atoms with Gasteiger partial charge in [0.05, 0.1) is 10.4 Å². The molecule has 0 aliphatic heterocycles. The second-order valence-corrected chi connectivity index (χ2v) is 9.88. The number of benzene rings is 2. The molecule has 1 heterocycles. The van der Waals surface area contributed by atoms with Crippen LogP contribution in [0.4, 0.5) is 5.69 Å². The number of aryl methyl sites for hydroxylation is 3. The monoisotopic (exact) mass is 445 g/mol. The van der Waals surface area contributed by atoms with Gasteiger partial charge in [-0.3, -0.25) is 9.36 Å². The van der Waals surface area contributed by atoms with Crippen LogP contribution in [0.3, 0.4) is 0 Å². The van der Waals surface area contributed by atoms with Gasteiger partial charge in [-0.25, -0.2) is 13.2 Å². The number of rotatable bonds is 7. The number of oxazole rings is 1. The Labute approximate surface area is 181 Å². The van der Waals surface area contributed by atoms with E-state index in [0.717, 1.165) is 11.1 Å². The smallest absolute Gasteiger partial charge is 0.408 e. The van der Waals surface area contributed by atoms with E-state index in [1.54, 1.807) is 6.07 Å². The first-order valence-corrected chi connectivity index (χ1v) is 11.5. The van der Waals surface area contributed by atoms with Crippen molar-refractivity contribution in [3.63, 3.8) is 0 Å². The zero-order chi connectivity index (χ0) is 22.9. The molecule has 0 bridgehead atoms. The molecule has 0 spiro atoms. The van der Waals surface area contributed by atoms with E-state index in [0.29, 0.717) is 17.6 Å². The average molecular weight is 446 g/mol. The van der Waals surface area contributed by atoms with Gasteiger partial charge in [0.15, 0.2) is 5.58 Å². The van der Waals surface area contributed by atoms with Crippen LogP contribution >= 0.6 is 0 Å². The van der Waals surface area contributed by atoms with E-state index < -0.39 is 27.7 Å². The Morgan fingerprint density at radius 1 is 1.13 bits per heavy atom. The van der Waals surface area contributed by atoms with E-state index in [1.807, 2.05) is 39.8 Å². The molecule has 0 aliphatic rings. The highest BCUT2D eigenvalue weighted by molar-refractivity contribution is 7.89. The molecule has 0 saturated heterocycles. The van der Waals surface area contributed by atoms with Gasteiger partial charge in [-0.2, -0.15) is 4.72 Å². The van der Waals surface area contributed by atoms with Gasteiger partial charge in [0.2, 0.25) is 15.9 Å². The maximum Gasteiger partial charge on any atom is 0.419 e. The van der Waals surface area contributed by atoms with Crippen LogP contribution in [-0.4, -0.2) is 24.9 Å². The molecule has 1 atom stereocenters. The molecule has 3 aromatic rings. The van der Waals surface area contributed by atoms with Crippen LogP contribution in [0, 0.1) is 19.8 Å². The van der Waals surface area contributed by atoms with Crippen LogP contribution in [0.15, 0.2) is 50.5 Å². The molecular formula is C22H27N3O5S. The molecule has 0 saturated carbocycles. The van der Waals surface area contributed by atoms with Gasteiger partial charge in [-0.05, 0) is 49.9 Å². The molecule has 0 fully saturated rings. The van der Waals surface area contributed by atoms with Crippen molar-refractivity contribution in [1.82, 2.24) is 9.29 Å². The van der Waals surface area contributed by atoms with Crippen LogP contribution in [0.5, 0.6) is 0 Å². The number of fused-ring (bicyclic) bond motifs is 1. The molecule has 0 radical (unpaired) electrons. The number of aromatic nitrogens is 1. The number of anilines is 1. The summed E-state index contributed by atoms with van der Waals surface area (Å²) in [6, 6.07) is 8.83. The van der Waals surface area contributed by atoms with Crippen molar-refractivity contribution in [2.75, 3.05) is 5.32 Å². The molecule has 9 heteroatoms. The van der Waals surface area contributed by atoms with Crippen LogP contribution in [-0.2, 0) is 21.9 Å². The lowest BCUT2D eigenvalue weighted by Gasteiger charge is -2.21. The van der Waals surface area contributed by atoms with Gasteiger partial charge in [-0.15, -0.1) is 0 Å². The summed E-state index contributed by atoms with van der Waals surface area (Å²) in [4.78, 5) is 24.6. The highest BCUT2D eigenvalue weighted by Crippen LogP contribution is 2.21. The molecule has 166 valence electrons. The van der Waals surface area contributed by atoms with Crippen LogP contribution in [0.25, 0.3) is 11.1 Å². The van der Waals surface area contributed by atoms with Gasteiger partial charge < -0.3 is 9.73 Å². The van der Waals surface area contributed by atoms with Crippen LogP contribution < -0.4 is 15.8 Å². The molecule has 31 heavy (non-hydrogen) atoms. The maximum atomic E-state index is 13.0. The summed E-state index contributed by atoms with van der Waals surface area (Å²) >= 11 is 0. The third-order valence-electron chi connectivity index (χ3n) is 5.03. The van der Waals surface area contributed by atoms with E-state index in [9.17, 15) is 18.0 Å². The molecular weight excluding hydrogens is 418 g/mol. The molecule has 2 N–H and O–H groups in total. The summed E-state index contributed by atoms with van der Waals surface area (Å²) in [5, 5.41) is 2.83. The minimum atomic E-state index is -4.04. The zero-order valence-corrected chi connectivity index (χ0v) is 19.0. The summed E-state index contributed by atoms with van der Waals surface area (Å²) < 4.78 is 34.9. The number of amides is 1. The topological polar surface area (TPSA) is 110 Å². The van der Waals surface area contributed by atoms with Crippen LogP contribution in [0.2, 0.25) is 0 Å². The van der Waals surface area contributed by atoms with E-state index in [1.165, 1.54) is 29.8 Å². The van der Waals surface area contributed by atoms with Crippen molar-refractivity contribution in [3.8, 4) is 0 Å². The quantitative estimate of drug-likeness (QED) is 0.581. The van der Waals surface area contributed by atoms with Gasteiger partial charge in [-0.1, -0.05) is 31.5 Å². The second-order valence-electron chi connectivity index (χ2n) is 8.17. The summed E-state index contributed by atoms with van der Waals surface area (Å²) in [6.45, 7) is 7.67. The van der Waals surface area contributed by atoms with E-state index >= 15 is 0 Å². The zero-order valence-electron chi connectivity index (χ0n) is 18.2. The number of carbonyl (C=O) groups is 1. The van der Waals surface area contributed by atoms with Gasteiger partial charge in [0.25, 0.3) is 0 Å². The number of carbonyl (C=O) groups excluding carboxylic acids is 1. The Balaban J connectivity index is 1.88. The molecule has 3 rings (SSSR count). The highest BCUT2D eigenvalue weighted by Gasteiger charge is 2.27. The first-order chi connectivity index (χ1) is 14.5. The first-order valence-electron chi connectivity index (χ1n) is 9.98. The summed E-state index contributed by atoms with van der Waals surface area (Å²) in [5.41, 5.74) is 3.24. The number of sulfonamides is 1. The number of hydrogen-bond donors (Lipinski definition) is 2. The lowest BCUT2D eigenvalue weighted by Crippen LogP contribution is -2.44. The van der Waals surface area contributed by atoms with Crippen molar-refractivity contribution in [2.45, 2.75) is 45.1 Å². The number of nitrogens with zero attached hydrogens (tertiary/aromatic N) is 1. The van der Waals surface area contributed by atoms with Gasteiger partial charge in [0.1, 0.15) is 6.04 Å². The molecule has 2 aromatic carbocycles. The summed E-state index contributed by atoms with van der Waals surface area (Å²) in [7, 11) is -2.50. The lowest BCUT2D eigenvalue weighted by molar-refractivity contribution is -0.118. The van der Waals surface area contributed by atoms with Crippen molar-refractivity contribution < 1.29 is 17.6 Å². The van der Waals surface area contributed by atoms with Crippen LogP contribution in [0.1, 0.15) is 31.4 Å². The SMILES string of the molecule is Cc1ccc(NC(=O)[C@@H](CC(C)C)NS(=O)(=O)c2ccc3c(c2)oc(=O)n3C)c(C)c1. The first kappa shape index (κ1) is 22.8. The molecule has 0 aliphatic carbocycles. The lowest BCUT2D eigenvalue weighted by atomic mass is 10.0. The fourth-order valence-electron chi connectivity index (χ4n) is 3.39. The van der Waals surface area contributed by atoms with Crippen molar-refractivity contribution >= 4 is 32.7 Å². The summed E-state index contributed by atoms with van der Waals surface area (Å²) in [5.74, 6) is -0.938. The standard InChI is InChI=1S/C22H27N3O5S/c1-13(2)10-18(21(26)23-17-8-6-14(3)11-15(17)4)24-31(28,29)16-7-9-19-20(12-16)30-22(27)25(19)5/h6-9,11-13,18,24H,10H2,1-5H3,(H,23,26)/t18-/m1/s1.